The van der Waals surface area contributed by atoms with Gasteiger partial charge in [0, 0.05) is 11.1 Å². The minimum atomic E-state index is -0.230. The molecule has 1 amide bonds. The quantitative estimate of drug-likeness (QED) is 0.560. The van der Waals surface area contributed by atoms with Gasteiger partial charge in [0.05, 0.1) is 31.4 Å². The van der Waals surface area contributed by atoms with E-state index >= 15 is 0 Å². The Bertz CT molecular complexity index is 762. The largest absolute Gasteiger partial charge is 0.493 e. The number of amides is 1. The van der Waals surface area contributed by atoms with E-state index in [1.54, 1.807) is 19.2 Å². The second kappa shape index (κ2) is 9.39. The maximum Gasteiger partial charge on any atom is 0.246 e. The summed E-state index contributed by atoms with van der Waals surface area (Å²) in [5, 5.41) is 7.04. The summed E-state index contributed by atoms with van der Waals surface area (Å²) in [6.07, 6.45) is 2.57. The van der Waals surface area contributed by atoms with Crippen LogP contribution in [0.3, 0.4) is 0 Å². The lowest BCUT2D eigenvalue weighted by atomic mass is 10.2. The van der Waals surface area contributed by atoms with E-state index in [9.17, 15) is 4.79 Å². The van der Waals surface area contributed by atoms with Crippen LogP contribution < -0.4 is 14.9 Å². The van der Waals surface area contributed by atoms with E-state index in [0.717, 1.165) is 17.1 Å². The van der Waals surface area contributed by atoms with Crippen LogP contribution in [-0.2, 0) is 11.2 Å². The van der Waals surface area contributed by atoms with Crippen LogP contribution in [0.1, 0.15) is 29.6 Å². The van der Waals surface area contributed by atoms with E-state index in [1.807, 2.05) is 19.2 Å². The summed E-state index contributed by atoms with van der Waals surface area (Å²) < 4.78 is 10.9. The van der Waals surface area contributed by atoms with Gasteiger partial charge in [0.1, 0.15) is 5.01 Å². The first-order chi connectivity index (χ1) is 12.0. The van der Waals surface area contributed by atoms with Crippen molar-refractivity contribution in [1.29, 1.82) is 0 Å². The third kappa shape index (κ3) is 5.72. The average Bonchev–Trinajstić information content (AvgIpc) is 2.98. The highest BCUT2D eigenvalue weighted by molar-refractivity contribution is 7.09. The molecule has 1 heterocycles. The third-order valence-corrected chi connectivity index (χ3v) is 4.33. The Morgan fingerprint density at radius 1 is 1.48 bits per heavy atom. The Balaban J connectivity index is 2.00. The van der Waals surface area contributed by atoms with Crippen LogP contribution in [0.4, 0.5) is 0 Å². The smallest absolute Gasteiger partial charge is 0.246 e. The van der Waals surface area contributed by atoms with Crippen LogP contribution in [0, 0.1) is 6.92 Å². The first-order valence-corrected chi connectivity index (χ1v) is 9.02. The summed E-state index contributed by atoms with van der Waals surface area (Å²) in [4.78, 5) is 16.1. The van der Waals surface area contributed by atoms with Crippen LogP contribution in [-0.4, -0.2) is 30.8 Å². The van der Waals surface area contributed by atoms with E-state index in [-0.39, 0.29) is 12.3 Å². The van der Waals surface area contributed by atoms with Crippen molar-refractivity contribution in [2.75, 3.05) is 13.7 Å². The zero-order valence-electron chi connectivity index (χ0n) is 14.3. The third-order valence-electron chi connectivity index (χ3n) is 3.08. The summed E-state index contributed by atoms with van der Waals surface area (Å²) in [7, 11) is 1.54. The molecule has 0 bridgehead atoms. The Labute approximate surface area is 155 Å². The molecular formula is C17H20ClN3O3S. The molecule has 0 aliphatic rings. The maximum absolute atomic E-state index is 11.8. The number of carbonyl (C=O) groups excluding carboxylic acids is 1. The van der Waals surface area contributed by atoms with Crippen molar-refractivity contribution < 1.29 is 14.3 Å². The standard InChI is InChI=1S/C17H20ClN3O3S/c1-4-5-24-17-13(18)6-12(7-14(17)23-3)9-19-21-15(22)8-16-20-11(2)10-25-16/h6-7,9-10H,4-5,8H2,1-3H3,(H,21,22)/b19-9-. The van der Waals surface area contributed by atoms with Gasteiger partial charge in [-0.1, -0.05) is 18.5 Å². The molecule has 2 rings (SSSR count). The van der Waals surface area contributed by atoms with Gasteiger partial charge in [-0.05, 0) is 31.0 Å². The number of aromatic nitrogens is 1. The molecule has 0 aliphatic heterocycles. The molecule has 1 aromatic carbocycles. The minimum absolute atomic E-state index is 0.198. The number of carbonyl (C=O) groups is 1. The molecular weight excluding hydrogens is 362 g/mol. The fourth-order valence-corrected chi connectivity index (χ4v) is 3.04. The molecule has 6 nitrogen and oxygen atoms in total. The zero-order chi connectivity index (χ0) is 18.2. The fraction of sp³-hybridized carbons (Fsp3) is 0.353. The van der Waals surface area contributed by atoms with Crippen molar-refractivity contribution >= 4 is 35.1 Å². The van der Waals surface area contributed by atoms with Gasteiger partial charge in [0.25, 0.3) is 0 Å². The van der Waals surface area contributed by atoms with Crippen LogP contribution in [0.25, 0.3) is 0 Å². The minimum Gasteiger partial charge on any atom is -0.493 e. The van der Waals surface area contributed by atoms with Gasteiger partial charge in [-0.3, -0.25) is 4.79 Å². The topological polar surface area (TPSA) is 72.8 Å². The molecule has 0 saturated carbocycles. The van der Waals surface area contributed by atoms with Gasteiger partial charge in [-0.25, -0.2) is 10.4 Å². The monoisotopic (exact) mass is 381 g/mol. The highest BCUT2D eigenvalue weighted by atomic mass is 35.5. The van der Waals surface area contributed by atoms with E-state index < -0.39 is 0 Å². The van der Waals surface area contributed by atoms with Crippen molar-refractivity contribution in [3.05, 3.63) is 38.8 Å². The Hall–Kier alpha value is -2.12. The van der Waals surface area contributed by atoms with Crippen molar-refractivity contribution in [3.8, 4) is 11.5 Å². The Morgan fingerprint density at radius 3 is 2.92 bits per heavy atom. The second-order valence-corrected chi connectivity index (χ2v) is 6.59. The van der Waals surface area contributed by atoms with Gasteiger partial charge in [0.2, 0.25) is 5.91 Å². The molecule has 134 valence electrons. The molecule has 1 N–H and O–H groups in total. The average molecular weight is 382 g/mol. The van der Waals surface area contributed by atoms with Crippen molar-refractivity contribution in [2.24, 2.45) is 5.10 Å². The van der Waals surface area contributed by atoms with E-state index in [2.05, 4.69) is 15.5 Å². The zero-order valence-corrected chi connectivity index (χ0v) is 15.9. The molecule has 0 saturated heterocycles. The Morgan fingerprint density at radius 2 is 2.28 bits per heavy atom. The molecule has 8 heteroatoms. The van der Waals surface area contributed by atoms with Crippen molar-refractivity contribution in [3.63, 3.8) is 0 Å². The van der Waals surface area contributed by atoms with Gasteiger partial charge in [-0.2, -0.15) is 5.10 Å². The number of benzene rings is 1. The van der Waals surface area contributed by atoms with Gasteiger partial charge >= 0.3 is 0 Å². The van der Waals surface area contributed by atoms with Gasteiger partial charge in [0.15, 0.2) is 11.5 Å². The number of aryl methyl sites for hydroxylation is 1. The fourth-order valence-electron chi connectivity index (χ4n) is 2.00. The number of ether oxygens (including phenoxy) is 2. The SMILES string of the molecule is CCCOc1c(Cl)cc(/C=N\NC(=O)Cc2nc(C)cs2)cc1OC. The normalized spacial score (nSPS) is 10.9. The second-order valence-electron chi connectivity index (χ2n) is 5.24. The number of methoxy groups -OCH3 is 1. The van der Waals surface area contributed by atoms with E-state index in [1.165, 1.54) is 17.6 Å². The van der Waals surface area contributed by atoms with E-state index in [0.29, 0.717) is 28.7 Å². The molecule has 0 atom stereocenters. The molecule has 0 aliphatic carbocycles. The number of hydrogen-bond donors (Lipinski definition) is 1. The van der Waals surface area contributed by atoms with Crippen LogP contribution >= 0.6 is 22.9 Å². The summed E-state index contributed by atoms with van der Waals surface area (Å²) in [6, 6.07) is 3.45. The highest BCUT2D eigenvalue weighted by Crippen LogP contribution is 2.36. The lowest BCUT2D eigenvalue weighted by Crippen LogP contribution is -2.19. The lowest BCUT2D eigenvalue weighted by molar-refractivity contribution is -0.120. The number of nitrogens with one attached hydrogen (secondary N) is 1. The highest BCUT2D eigenvalue weighted by Gasteiger charge is 2.11. The number of hydrazone groups is 1. The predicted molar refractivity (Wildman–Crippen MR) is 100 cm³/mol. The summed E-state index contributed by atoms with van der Waals surface area (Å²) in [5.74, 6) is 0.796. The molecule has 1 aromatic heterocycles. The Kier molecular flexibility index (Phi) is 7.21. The van der Waals surface area contributed by atoms with Gasteiger partial charge < -0.3 is 9.47 Å². The molecule has 0 radical (unpaired) electrons. The summed E-state index contributed by atoms with van der Waals surface area (Å²) in [5.41, 5.74) is 4.07. The number of nitrogens with zero attached hydrogens (tertiary/aromatic N) is 2. The lowest BCUT2D eigenvalue weighted by Gasteiger charge is -2.12. The van der Waals surface area contributed by atoms with Crippen molar-refractivity contribution in [2.45, 2.75) is 26.7 Å². The maximum atomic E-state index is 11.8. The summed E-state index contributed by atoms with van der Waals surface area (Å²) >= 11 is 7.69. The van der Waals surface area contributed by atoms with Crippen LogP contribution in [0.2, 0.25) is 5.02 Å². The first-order valence-electron chi connectivity index (χ1n) is 7.76. The van der Waals surface area contributed by atoms with Crippen LogP contribution in [0.15, 0.2) is 22.6 Å². The summed E-state index contributed by atoms with van der Waals surface area (Å²) in [6.45, 7) is 4.45. The number of rotatable bonds is 8. The molecule has 2 aromatic rings. The molecule has 0 fully saturated rings. The molecule has 25 heavy (non-hydrogen) atoms. The molecule has 0 spiro atoms. The van der Waals surface area contributed by atoms with E-state index in [4.69, 9.17) is 21.1 Å². The predicted octanol–water partition coefficient (Wildman–Crippen LogP) is 3.60. The van der Waals surface area contributed by atoms with Gasteiger partial charge in [-0.15, -0.1) is 11.3 Å². The van der Waals surface area contributed by atoms with Crippen LogP contribution in [0.5, 0.6) is 11.5 Å². The number of hydrogen-bond acceptors (Lipinski definition) is 6. The van der Waals surface area contributed by atoms with Crippen molar-refractivity contribution in [1.82, 2.24) is 10.4 Å². The number of thiazole rings is 1. The molecule has 0 unspecified atom stereocenters. The first kappa shape index (κ1) is 19.2. The number of halogens is 1.